The van der Waals surface area contributed by atoms with Crippen LogP contribution in [0.25, 0.3) is 11.1 Å². The summed E-state index contributed by atoms with van der Waals surface area (Å²) in [5.74, 6) is -3.09. The number of rotatable bonds is 5. The number of amides is 2. The lowest BCUT2D eigenvalue weighted by atomic mass is 9.59. The zero-order valence-corrected chi connectivity index (χ0v) is 27.3. The Morgan fingerprint density at radius 3 is 1.33 bits per heavy atom. The Hall–Kier alpha value is -4.29. The summed E-state index contributed by atoms with van der Waals surface area (Å²) in [5, 5.41) is 1.00. The zero-order valence-electron chi connectivity index (χ0n) is 24.2. The van der Waals surface area contributed by atoms with E-state index in [4.69, 9.17) is 23.2 Å². The predicted molar refractivity (Wildman–Crippen MR) is 185 cm³/mol. The van der Waals surface area contributed by atoms with Crippen molar-refractivity contribution < 1.29 is 14.4 Å². The van der Waals surface area contributed by atoms with Crippen LogP contribution in [0.3, 0.4) is 0 Å². The molecule has 4 unspecified atom stereocenters. The smallest absolute Gasteiger partial charge is 0.239 e. The maximum atomic E-state index is 15.9. The fourth-order valence-corrected chi connectivity index (χ4v) is 8.94. The molecular formula is C39H24BrCl2NO3. The first-order chi connectivity index (χ1) is 22.3. The molecule has 0 spiro atoms. The third-order valence-electron chi connectivity index (χ3n) is 9.81. The topological polar surface area (TPSA) is 54.5 Å². The van der Waals surface area contributed by atoms with Crippen molar-refractivity contribution in [2.45, 2.75) is 10.8 Å². The largest absolute Gasteiger partial charge is 0.297 e. The third-order valence-corrected chi connectivity index (χ3v) is 11.0. The Bertz CT molecular complexity index is 1970. The van der Waals surface area contributed by atoms with E-state index in [-0.39, 0.29) is 5.78 Å². The van der Waals surface area contributed by atoms with Gasteiger partial charge in [0.05, 0.1) is 28.4 Å². The van der Waals surface area contributed by atoms with Crippen LogP contribution in [0.4, 0.5) is 5.69 Å². The second kappa shape index (κ2) is 10.6. The van der Waals surface area contributed by atoms with Crippen LogP contribution < -0.4 is 4.90 Å². The molecule has 1 saturated heterocycles. The maximum Gasteiger partial charge on any atom is 0.239 e. The summed E-state index contributed by atoms with van der Waals surface area (Å²) in [7, 11) is 0. The summed E-state index contributed by atoms with van der Waals surface area (Å²) in [4.78, 5) is 47.3. The third kappa shape index (κ3) is 3.71. The highest BCUT2D eigenvalue weighted by Crippen LogP contribution is 2.74. The van der Waals surface area contributed by atoms with Gasteiger partial charge in [-0.05, 0) is 85.7 Å². The lowest BCUT2D eigenvalue weighted by molar-refractivity contribution is -0.130. The fourth-order valence-electron chi connectivity index (χ4n) is 8.23. The molecule has 224 valence electrons. The van der Waals surface area contributed by atoms with Crippen molar-refractivity contribution in [3.8, 4) is 0 Å². The van der Waals surface area contributed by atoms with Crippen molar-refractivity contribution in [3.05, 3.63) is 170 Å². The first-order valence-electron chi connectivity index (χ1n) is 14.9. The molecule has 8 rings (SSSR count). The van der Waals surface area contributed by atoms with Gasteiger partial charge >= 0.3 is 0 Å². The minimum absolute atomic E-state index is 0.203. The number of imide groups is 1. The standard InChI is InChI=1S/C39H24BrCl2NO3/c40-29-13-7-8-14-30(29)43-35(44)33-34(36(43)45)39(26-17-21-28(42)22-18-26)32(24-11-5-2-6-12-24)31(23-9-3-1-4-10-23)38(33,37(39)46)25-15-19-27(41)20-16-25/h1-22,33-34H. The molecule has 2 aliphatic carbocycles. The van der Waals surface area contributed by atoms with E-state index in [9.17, 15) is 0 Å². The number of halogens is 3. The number of hydrogen-bond donors (Lipinski definition) is 0. The average Bonchev–Trinajstić information content (AvgIpc) is 3.58. The highest BCUT2D eigenvalue weighted by atomic mass is 79.9. The van der Waals surface area contributed by atoms with E-state index in [1.54, 1.807) is 42.5 Å². The van der Waals surface area contributed by atoms with Gasteiger partial charge in [-0.15, -0.1) is 0 Å². The summed E-state index contributed by atoms with van der Waals surface area (Å²) in [6.45, 7) is 0. The van der Waals surface area contributed by atoms with Crippen LogP contribution in [-0.2, 0) is 25.2 Å². The SMILES string of the molecule is O=C1C2C(C(=O)N1c1ccccc1Br)C1(c3ccc(Cl)cc3)C(=O)C2(c2ccc(Cl)cc2)C(c2ccccc2)=C1c1ccccc1. The number of benzene rings is 5. The Labute approximate surface area is 284 Å². The van der Waals surface area contributed by atoms with Crippen LogP contribution in [0.15, 0.2) is 138 Å². The van der Waals surface area contributed by atoms with E-state index >= 15 is 14.4 Å². The summed E-state index contributed by atoms with van der Waals surface area (Å²) in [6.07, 6.45) is 0. The molecule has 0 radical (unpaired) electrons. The van der Waals surface area contributed by atoms with E-state index in [1.807, 2.05) is 91.0 Å². The monoisotopic (exact) mass is 703 g/mol. The molecular weight excluding hydrogens is 681 g/mol. The van der Waals surface area contributed by atoms with Gasteiger partial charge in [0, 0.05) is 14.5 Å². The van der Waals surface area contributed by atoms with Crippen molar-refractivity contribution in [2.24, 2.45) is 11.8 Å². The molecule has 2 bridgehead atoms. The van der Waals surface area contributed by atoms with Crippen LogP contribution in [0.2, 0.25) is 10.0 Å². The van der Waals surface area contributed by atoms with Crippen LogP contribution in [0.5, 0.6) is 0 Å². The van der Waals surface area contributed by atoms with E-state index < -0.39 is 34.5 Å². The number of ketones is 1. The number of anilines is 1. The maximum absolute atomic E-state index is 15.9. The van der Waals surface area contributed by atoms with E-state index in [2.05, 4.69) is 15.9 Å². The lowest BCUT2D eigenvalue weighted by Gasteiger charge is -2.39. The minimum Gasteiger partial charge on any atom is -0.297 e. The van der Waals surface area contributed by atoms with Gasteiger partial charge in [0.25, 0.3) is 0 Å². The van der Waals surface area contributed by atoms with E-state index in [1.165, 1.54) is 4.90 Å². The van der Waals surface area contributed by atoms with Crippen molar-refractivity contribution >= 4 is 73.6 Å². The molecule has 0 aromatic heterocycles. The fraction of sp³-hybridized carbons (Fsp3) is 0.103. The number of carbonyl (C=O) groups is 3. The molecule has 1 saturated carbocycles. The molecule has 46 heavy (non-hydrogen) atoms. The number of Topliss-reactive ketones (excluding diaryl/α,β-unsaturated/α-hetero) is 1. The normalized spacial score (nSPS) is 25.0. The van der Waals surface area contributed by atoms with Crippen molar-refractivity contribution in [1.29, 1.82) is 0 Å². The molecule has 4 atom stereocenters. The van der Waals surface area contributed by atoms with Gasteiger partial charge in [0.15, 0.2) is 5.78 Å². The number of hydrogen-bond acceptors (Lipinski definition) is 3. The number of para-hydroxylation sites is 1. The Morgan fingerprint density at radius 1 is 0.522 bits per heavy atom. The Kier molecular flexibility index (Phi) is 6.73. The second-order valence-corrected chi connectivity index (χ2v) is 13.6. The van der Waals surface area contributed by atoms with Gasteiger partial charge < -0.3 is 0 Å². The molecule has 0 N–H and O–H groups in total. The molecule has 3 aliphatic rings. The van der Waals surface area contributed by atoms with Gasteiger partial charge in [-0.1, -0.05) is 120 Å². The highest BCUT2D eigenvalue weighted by molar-refractivity contribution is 9.10. The Balaban J connectivity index is 1.57. The predicted octanol–water partition coefficient (Wildman–Crippen LogP) is 8.94. The van der Waals surface area contributed by atoms with Crippen LogP contribution in [-0.4, -0.2) is 17.6 Å². The van der Waals surface area contributed by atoms with E-state index in [0.717, 1.165) is 22.3 Å². The molecule has 5 aromatic carbocycles. The zero-order chi connectivity index (χ0) is 31.8. The quantitative estimate of drug-likeness (QED) is 0.172. The van der Waals surface area contributed by atoms with Gasteiger partial charge in [-0.2, -0.15) is 0 Å². The first kappa shape index (κ1) is 29.1. The molecule has 4 nitrogen and oxygen atoms in total. The summed E-state index contributed by atoms with van der Waals surface area (Å²) in [6, 6.07) is 40.9. The molecule has 1 aliphatic heterocycles. The first-order valence-corrected chi connectivity index (χ1v) is 16.4. The number of nitrogens with zero attached hydrogens (tertiary/aromatic N) is 1. The number of carbonyl (C=O) groups excluding carboxylic acids is 3. The van der Waals surface area contributed by atoms with Gasteiger partial charge in [0.1, 0.15) is 0 Å². The molecule has 1 heterocycles. The number of allylic oxidation sites excluding steroid dienone is 2. The molecule has 5 aromatic rings. The van der Waals surface area contributed by atoms with Gasteiger partial charge in [0.2, 0.25) is 11.8 Å². The molecule has 2 amide bonds. The van der Waals surface area contributed by atoms with E-state index in [0.29, 0.717) is 31.3 Å². The van der Waals surface area contributed by atoms with Crippen molar-refractivity contribution in [1.82, 2.24) is 0 Å². The van der Waals surface area contributed by atoms with Crippen LogP contribution >= 0.6 is 39.1 Å². The average molecular weight is 705 g/mol. The molecule has 2 fully saturated rings. The second-order valence-electron chi connectivity index (χ2n) is 11.9. The number of fused-ring (bicyclic) bond motifs is 5. The van der Waals surface area contributed by atoms with Gasteiger partial charge in [-0.3, -0.25) is 14.4 Å². The lowest BCUT2D eigenvalue weighted by Crippen LogP contribution is -2.45. The highest BCUT2D eigenvalue weighted by Gasteiger charge is 2.82. The minimum atomic E-state index is -1.51. The van der Waals surface area contributed by atoms with Crippen LogP contribution in [0, 0.1) is 11.8 Å². The van der Waals surface area contributed by atoms with Crippen LogP contribution in [0.1, 0.15) is 22.3 Å². The molecule has 7 heteroatoms. The summed E-state index contributed by atoms with van der Waals surface area (Å²) < 4.78 is 0.607. The van der Waals surface area contributed by atoms with Crippen molar-refractivity contribution in [3.63, 3.8) is 0 Å². The Morgan fingerprint density at radius 2 is 0.913 bits per heavy atom. The van der Waals surface area contributed by atoms with Crippen molar-refractivity contribution in [2.75, 3.05) is 4.90 Å². The van der Waals surface area contributed by atoms with Gasteiger partial charge in [-0.25, -0.2) is 4.90 Å². The summed E-state index contributed by atoms with van der Waals surface area (Å²) in [5.41, 5.74) is 1.71. The summed E-state index contributed by atoms with van der Waals surface area (Å²) >= 11 is 16.4.